The number of nitrogens with zero attached hydrogens (tertiary/aromatic N) is 2. The van der Waals surface area contributed by atoms with Gasteiger partial charge in [0.05, 0.1) is 18.0 Å². The summed E-state index contributed by atoms with van der Waals surface area (Å²) in [7, 11) is 1.65. The maximum absolute atomic E-state index is 12.0. The summed E-state index contributed by atoms with van der Waals surface area (Å²) in [5, 5.41) is 13.4. The lowest BCUT2D eigenvalue weighted by Crippen LogP contribution is -2.40. The highest BCUT2D eigenvalue weighted by molar-refractivity contribution is 5.98. The normalized spacial score (nSPS) is 10.7. The fourth-order valence-corrected chi connectivity index (χ4v) is 1.80. The number of hydrogen-bond donors (Lipinski definition) is 1. The minimum absolute atomic E-state index is 0.0205. The molecule has 0 unspecified atom stereocenters. The first-order chi connectivity index (χ1) is 9.79. The van der Waals surface area contributed by atoms with Crippen LogP contribution in [0.5, 0.6) is 0 Å². The number of rotatable bonds is 7. The number of hydrogen-bond acceptors (Lipinski definition) is 5. The molecule has 7 nitrogen and oxygen atoms in total. The van der Waals surface area contributed by atoms with Gasteiger partial charge in [0.1, 0.15) is 0 Å². The van der Waals surface area contributed by atoms with E-state index in [0.29, 0.717) is 0 Å². The maximum atomic E-state index is 12.0. The van der Waals surface area contributed by atoms with Gasteiger partial charge in [-0.05, 0) is 20.9 Å². The van der Waals surface area contributed by atoms with Gasteiger partial charge < -0.3 is 5.32 Å². The largest absolute Gasteiger partial charge is 0.353 e. The number of benzene rings is 1. The van der Waals surface area contributed by atoms with E-state index in [1.807, 2.05) is 13.8 Å². The van der Waals surface area contributed by atoms with Crippen LogP contribution in [0.2, 0.25) is 0 Å². The number of amides is 1. The zero-order chi connectivity index (χ0) is 16.0. The first-order valence-corrected chi connectivity index (χ1v) is 6.55. The molecule has 0 saturated heterocycles. The van der Waals surface area contributed by atoms with E-state index in [1.54, 1.807) is 11.9 Å². The van der Waals surface area contributed by atoms with Crippen molar-refractivity contribution in [1.29, 1.82) is 0 Å². The summed E-state index contributed by atoms with van der Waals surface area (Å²) in [6, 6.07) is 5.60. The van der Waals surface area contributed by atoms with Gasteiger partial charge in [-0.25, -0.2) is 0 Å². The standard InChI is InChI=1S/C14H19N3O4/c1-10(2)15-14(19)9-16(3)8-13(18)11-5-4-6-12(7-11)17(20)21/h4-7,10H,8-9H2,1-3H3,(H,15,19). The number of nitro benzene ring substituents is 1. The second-order valence-corrected chi connectivity index (χ2v) is 5.13. The van der Waals surface area contributed by atoms with Gasteiger partial charge in [-0.3, -0.25) is 24.6 Å². The van der Waals surface area contributed by atoms with Crippen molar-refractivity contribution in [1.82, 2.24) is 10.2 Å². The van der Waals surface area contributed by atoms with Crippen LogP contribution in [-0.4, -0.2) is 47.7 Å². The van der Waals surface area contributed by atoms with E-state index < -0.39 is 4.92 Å². The third-order valence-corrected chi connectivity index (χ3v) is 2.66. The van der Waals surface area contributed by atoms with Crippen LogP contribution in [0.25, 0.3) is 0 Å². The zero-order valence-electron chi connectivity index (χ0n) is 12.3. The summed E-state index contributed by atoms with van der Waals surface area (Å²) in [4.78, 5) is 35.3. The van der Waals surface area contributed by atoms with Gasteiger partial charge in [-0.1, -0.05) is 12.1 Å². The smallest absolute Gasteiger partial charge is 0.270 e. The van der Waals surface area contributed by atoms with E-state index in [9.17, 15) is 19.7 Å². The van der Waals surface area contributed by atoms with Crippen molar-refractivity contribution in [3.63, 3.8) is 0 Å². The molecule has 0 atom stereocenters. The maximum Gasteiger partial charge on any atom is 0.270 e. The Kier molecular flexibility index (Phi) is 5.98. The number of Topliss-reactive ketones (excluding diaryl/α,β-unsaturated/α-hetero) is 1. The molecule has 7 heteroatoms. The lowest BCUT2D eigenvalue weighted by atomic mass is 10.1. The van der Waals surface area contributed by atoms with Crippen LogP contribution in [0, 0.1) is 10.1 Å². The molecule has 21 heavy (non-hydrogen) atoms. The molecule has 0 aliphatic carbocycles. The predicted octanol–water partition coefficient (Wildman–Crippen LogP) is 1.23. The van der Waals surface area contributed by atoms with E-state index in [4.69, 9.17) is 0 Å². The van der Waals surface area contributed by atoms with Crippen LogP contribution in [-0.2, 0) is 4.79 Å². The number of likely N-dealkylation sites (N-methyl/N-ethyl adjacent to an activating group) is 1. The first-order valence-electron chi connectivity index (χ1n) is 6.55. The van der Waals surface area contributed by atoms with Crippen LogP contribution in [0.1, 0.15) is 24.2 Å². The third kappa shape index (κ3) is 5.70. The highest BCUT2D eigenvalue weighted by atomic mass is 16.6. The molecule has 0 aliphatic heterocycles. The highest BCUT2D eigenvalue weighted by Gasteiger charge is 2.15. The van der Waals surface area contributed by atoms with Crippen LogP contribution < -0.4 is 5.32 Å². The van der Waals surface area contributed by atoms with Gasteiger partial charge in [0.25, 0.3) is 5.69 Å². The van der Waals surface area contributed by atoms with Gasteiger partial charge in [0, 0.05) is 23.7 Å². The second kappa shape index (κ2) is 7.49. The number of carbonyl (C=O) groups is 2. The van der Waals surface area contributed by atoms with Crippen LogP contribution >= 0.6 is 0 Å². The summed E-state index contributed by atoms with van der Waals surface area (Å²) in [5.74, 6) is -0.433. The summed E-state index contributed by atoms with van der Waals surface area (Å²) >= 11 is 0. The van der Waals surface area contributed by atoms with E-state index in [-0.39, 0.29) is 42.1 Å². The van der Waals surface area contributed by atoms with Crippen LogP contribution in [0.3, 0.4) is 0 Å². The minimum atomic E-state index is -0.545. The minimum Gasteiger partial charge on any atom is -0.353 e. The number of ketones is 1. The molecule has 1 rings (SSSR count). The number of carbonyl (C=O) groups excluding carboxylic acids is 2. The van der Waals surface area contributed by atoms with E-state index >= 15 is 0 Å². The quantitative estimate of drug-likeness (QED) is 0.464. The third-order valence-electron chi connectivity index (χ3n) is 2.66. The molecule has 1 amide bonds. The number of non-ortho nitro benzene ring substituents is 1. The Morgan fingerprint density at radius 3 is 2.57 bits per heavy atom. The first kappa shape index (κ1) is 16.8. The van der Waals surface area contributed by atoms with Crippen molar-refractivity contribution < 1.29 is 14.5 Å². The van der Waals surface area contributed by atoms with Crippen LogP contribution in [0.4, 0.5) is 5.69 Å². The average molecular weight is 293 g/mol. The summed E-state index contributed by atoms with van der Waals surface area (Å²) < 4.78 is 0. The van der Waals surface area contributed by atoms with Crippen molar-refractivity contribution in [3.8, 4) is 0 Å². The Balaban J connectivity index is 2.62. The molecule has 0 aromatic heterocycles. The number of nitrogens with one attached hydrogen (secondary N) is 1. The SMILES string of the molecule is CC(C)NC(=O)CN(C)CC(=O)c1cccc([N+](=O)[O-])c1. The van der Waals surface area contributed by atoms with Gasteiger partial charge in [0.2, 0.25) is 5.91 Å². The van der Waals surface area contributed by atoms with Crippen molar-refractivity contribution >= 4 is 17.4 Å². The Bertz CT molecular complexity index is 543. The molecular weight excluding hydrogens is 274 g/mol. The van der Waals surface area contributed by atoms with Gasteiger partial charge in [-0.15, -0.1) is 0 Å². The molecule has 0 saturated carbocycles. The predicted molar refractivity (Wildman–Crippen MR) is 78.2 cm³/mol. The molecular formula is C14H19N3O4. The Hall–Kier alpha value is -2.28. The van der Waals surface area contributed by atoms with E-state index in [2.05, 4.69) is 5.32 Å². The summed E-state index contributed by atoms with van der Waals surface area (Å²) in [6.45, 7) is 3.82. The molecule has 1 N–H and O–H groups in total. The molecule has 0 heterocycles. The van der Waals surface area contributed by atoms with Crippen molar-refractivity contribution in [2.45, 2.75) is 19.9 Å². The Morgan fingerprint density at radius 1 is 1.33 bits per heavy atom. The van der Waals surface area contributed by atoms with Crippen molar-refractivity contribution in [2.24, 2.45) is 0 Å². The molecule has 0 fully saturated rings. The highest BCUT2D eigenvalue weighted by Crippen LogP contribution is 2.13. The monoisotopic (exact) mass is 293 g/mol. The van der Waals surface area contributed by atoms with Gasteiger partial charge in [0.15, 0.2) is 5.78 Å². The summed E-state index contributed by atoms with van der Waals surface area (Å²) in [5.41, 5.74) is 0.140. The topological polar surface area (TPSA) is 92.6 Å². The number of nitro groups is 1. The fraction of sp³-hybridized carbons (Fsp3) is 0.429. The van der Waals surface area contributed by atoms with Crippen molar-refractivity contribution in [2.75, 3.05) is 20.1 Å². The zero-order valence-corrected chi connectivity index (χ0v) is 12.3. The van der Waals surface area contributed by atoms with Crippen molar-refractivity contribution in [3.05, 3.63) is 39.9 Å². The van der Waals surface area contributed by atoms with E-state index in [0.717, 1.165) is 0 Å². The van der Waals surface area contributed by atoms with Gasteiger partial charge in [-0.2, -0.15) is 0 Å². The molecule has 0 radical (unpaired) electrons. The second-order valence-electron chi connectivity index (χ2n) is 5.13. The van der Waals surface area contributed by atoms with Gasteiger partial charge >= 0.3 is 0 Å². The molecule has 1 aromatic carbocycles. The summed E-state index contributed by atoms with van der Waals surface area (Å²) in [6.07, 6.45) is 0. The fourth-order valence-electron chi connectivity index (χ4n) is 1.80. The molecule has 0 spiro atoms. The van der Waals surface area contributed by atoms with E-state index in [1.165, 1.54) is 24.3 Å². The Labute approximate surface area is 123 Å². The average Bonchev–Trinajstić information content (AvgIpc) is 2.37. The molecule has 0 bridgehead atoms. The van der Waals surface area contributed by atoms with Crippen LogP contribution in [0.15, 0.2) is 24.3 Å². The lowest BCUT2D eigenvalue weighted by Gasteiger charge is -2.16. The molecule has 1 aromatic rings. The molecule has 0 aliphatic rings. The molecule has 114 valence electrons. The Morgan fingerprint density at radius 2 is 2.00 bits per heavy atom. The lowest BCUT2D eigenvalue weighted by molar-refractivity contribution is -0.384.